The van der Waals surface area contributed by atoms with Gasteiger partial charge in [-0.1, -0.05) is 6.92 Å². The van der Waals surface area contributed by atoms with Gasteiger partial charge in [0.1, 0.15) is 5.60 Å². The molecule has 0 heterocycles. The monoisotopic (exact) mass is 299 g/mol. The second-order valence-corrected chi connectivity index (χ2v) is 7.04. The van der Waals surface area contributed by atoms with Crippen LogP contribution in [0.2, 0.25) is 0 Å². The fourth-order valence-electron chi connectivity index (χ4n) is 2.86. The Morgan fingerprint density at radius 2 is 1.81 bits per heavy atom. The van der Waals surface area contributed by atoms with Gasteiger partial charge in [-0.15, -0.1) is 0 Å². The number of hydrogen-bond acceptors (Lipinski definition) is 3. The lowest BCUT2D eigenvalue weighted by molar-refractivity contribution is -0.142. The van der Waals surface area contributed by atoms with Crippen LogP contribution in [0.25, 0.3) is 0 Å². The normalized spacial score (nSPS) is 24.2. The minimum Gasteiger partial charge on any atom is -0.481 e. The highest BCUT2D eigenvalue weighted by atomic mass is 16.6. The standard InChI is InChI=1S/C16H29NO4/c1-5-12(14(18)19)10-11-6-8-13(9-7-11)17-15(20)21-16(2,3)4/h11-13H,5-10H2,1-4H3,(H,17,20)(H,18,19). The summed E-state index contributed by atoms with van der Waals surface area (Å²) in [4.78, 5) is 22.8. The molecule has 0 spiro atoms. The summed E-state index contributed by atoms with van der Waals surface area (Å²) >= 11 is 0. The van der Waals surface area contributed by atoms with Crippen LogP contribution in [0.5, 0.6) is 0 Å². The number of alkyl carbamates (subject to hydrolysis) is 1. The number of hydrogen-bond donors (Lipinski definition) is 2. The van der Waals surface area contributed by atoms with E-state index in [-0.39, 0.29) is 18.1 Å². The third kappa shape index (κ3) is 6.82. The van der Waals surface area contributed by atoms with Crippen molar-refractivity contribution in [1.82, 2.24) is 5.32 Å². The van der Waals surface area contributed by atoms with Crippen LogP contribution in [-0.2, 0) is 9.53 Å². The van der Waals surface area contributed by atoms with E-state index >= 15 is 0 Å². The van der Waals surface area contributed by atoms with Gasteiger partial charge < -0.3 is 15.2 Å². The van der Waals surface area contributed by atoms with Crippen LogP contribution in [0.15, 0.2) is 0 Å². The summed E-state index contributed by atoms with van der Waals surface area (Å²) in [6.45, 7) is 7.47. The fraction of sp³-hybridized carbons (Fsp3) is 0.875. The average Bonchev–Trinajstić information content (AvgIpc) is 2.35. The Morgan fingerprint density at radius 3 is 2.24 bits per heavy atom. The fourth-order valence-corrected chi connectivity index (χ4v) is 2.86. The summed E-state index contributed by atoms with van der Waals surface area (Å²) in [6.07, 6.45) is 4.84. The van der Waals surface area contributed by atoms with Crippen molar-refractivity contribution in [1.29, 1.82) is 0 Å². The van der Waals surface area contributed by atoms with Gasteiger partial charge >= 0.3 is 12.1 Å². The Morgan fingerprint density at radius 1 is 1.24 bits per heavy atom. The number of rotatable bonds is 5. The third-order valence-corrected chi connectivity index (χ3v) is 4.03. The van der Waals surface area contributed by atoms with E-state index in [1.54, 1.807) is 0 Å². The molecule has 0 aliphatic heterocycles. The van der Waals surface area contributed by atoms with E-state index in [0.29, 0.717) is 12.3 Å². The molecule has 5 heteroatoms. The van der Waals surface area contributed by atoms with Gasteiger partial charge in [0.05, 0.1) is 5.92 Å². The van der Waals surface area contributed by atoms with Gasteiger partial charge in [-0.3, -0.25) is 4.79 Å². The number of carbonyl (C=O) groups is 2. The van der Waals surface area contributed by atoms with E-state index in [0.717, 1.165) is 32.1 Å². The molecule has 1 aliphatic rings. The maximum Gasteiger partial charge on any atom is 0.407 e. The van der Waals surface area contributed by atoms with Gasteiger partial charge in [0.25, 0.3) is 0 Å². The molecule has 1 amide bonds. The van der Waals surface area contributed by atoms with E-state index in [4.69, 9.17) is 9.84 Å². The summed E-state index contributed by atoms with van der Waals surface area (Å²) < 4.78 is 5.25. The highest BCUT2D eigenvalue weighted by molar-refractivity contribution is 5.69. The zero-order valence-corrected chi connectivity index (χ0v) is 13.6. The largest absolute Gasteiger partial charge is 0.481 e. The molecule has 0 aromatic rings. The first kappa shape index (κ1) is 17.8. The van der Waals surface area contributed by atoms with Crippen LogP contribution >= 0.6 is 0 Å². The molecule has 0 aromatic heterocycles. The zero-order chi connectivity index (χ0) is 16.0. The quantitative estimate of drug-likeness (QED) is 0.813. The van der Waals surface area contributed by atoms with Crippen LogP contribution in [-0.4, -0.2) is 28.8 Å². The van der Waals surface area contributed by atoms with Gasteiger partial charge in [-0.25, -0.2) is 4.79 Å². The topological polar surface area (TPSA) is 75.6 Å². The van der Waals surface area contributed by atoms with Crippen LogP contribution in [0.4, 0.5) is 4.79 Å². The first-order valence-electron chi connectivity index (χ1n) is 7.93. The summed E-state index contributed by atoms with van der Waals surface area (Å²) in [7, 11) is 0. The van der Waals surface area contributed by atoms with Gasteiger partial charge in [0.15, 0.2) is 0 Å². The molecule has 1 saturated carbocycles. The minimum atomic E-state index is -0.688. The maximum atomic E-state index is 11.7. The van der Waals surface area contributed by atoms with Crippen molar-refractivity contribution >= 4 is 12.1 Å². The van der Waals surface area contributed by atoms with Crippen molar-refractivity contribution in [2.75, 3.05) is 0 Å². The number of carboxylic acid groups (broad SMARTS) is 1. The smallest absolute Gasteiger partial charge is 0.407 e. The van der Waals surface area contributed by atoms with Crippen LogP contribution in [0, 0.1) is 11.8 Å². The van der Waals surface area contributed by atoms with E-state index < -0.39 is 11.6 Å². The van der Waals surface area contributed by atoms with Crippen LogP contribution < -0.4 is 5.32 Å². The molecule has 0 bridgehead atoms. The number of amides is 1. The molecular weight excluding hydrogens is 270 g/mol. The lowest BCUT2D eigenvalue weighted by Gasteiger charge is -2.31. The Kier molecular flexibility index (Phi) is 6.49. The number of nitrogens with one attached hydrogen (secondary N) is 1. The molecule has 21 heavy (non-hydrogen) atoms. The zero-order valence-electron chi connectivity index (χ0n) is 13.6. The highest BCUT2D eigenvalue weighted by Crippen LogP contribution is 2.30. The molecule has 2 N–H and O–H groups in total. The molecule has 1 rings (SSSR count). The van der Waals surface area contributed by atoms with Crippen molar-refractivity contribution in [3.63, 3.8) is 0 Å². The first-order valence-corrected chi connectivity index (χ1v) is 7.93. The molecule has 0 saturated heterocycles. The molecular formula is C16H29NO4. The predicted molar refractivity (Wildman–Crippen MR) is 81.1 cm³/mol. The number of carboxylic acids is 1. The number of carbonyl (C=O) groups excluding carboxylic acids is 1. The molecule has 1 aliphatic carbocycles. The van der Waals surface area contributed by atoms with E-state index in [9.17, 15) is 9.59 Å². The third-order valence-electron chi connectivity index (χ3n) is 4.03. The van der Waals surface area contributed by atoms with Crippen molar-refractivity contribution in [2.45, 2.75) is 77.9 Å². The predicted octanol–water partition coefficient (Wildman–Crippen LogP) is 3.57. The number of aliphatic carboxylic acids is 1. The average molecular weight is 299 g/mol. The van der Waals surface area contributed by atoms with Gasteiger partial charge in [0.2, 0.25) is 0 Å². The van der Waals surface area contributed by atoms with Crippen molar-refractivity contribution in [3.8, 4) is 0 Å². The van der Waals surface area contributed by atoms with Crippen molar-refractivity contribution in [3.05, 3.63) is 0 Å². The van der Waals surface area contributed by atoms with Crippen LogP contribution in [0.3, 0.4) is 0 Å². The molecule has 5 nitrogen and oxygen atoms in total. The molecule has 0 aromatic carbocycles. The Labute approximate surface area is 127 Å². The Hall–Kier alpha value is -1.26. The molecule has 1 atom stereocenters. The Bertz CT molecular complexity index is 354. The van der Waals surface area contributed by atoms with E-state index in [1.165, 1.54) is 0 Å². The molecule has 122 valence electrons. The van der Waals surface area contributed by atoms with Gasteiger partial charge in [0, 0.05) is 6.04 Å². The summed E-state index contributed by atoms with van der Waals surface area (Å²) in [5, 5.41) is 12.0. The van der Waals surface area contributed by atoms with Crippen molar-refractivity contribution < 1.29 is 19.4 Å². The van der Waals surface area contributed by atoms with E-state index in [1.807, 2.05) is 27.7 Å². The summed E-state index contributed by atoms with van der Waals surface area (Å²) in [6, 6.07) is 0.154. The molecule has 1 fully saturated rings. The SMILES string of the molecule is CCC(CC1CCC(NC(=O)OC(C)(C)C)CC1)C(=O)O. The molecule has 1 unspecified atom stereocenters. The summed E-state index contributed by atoms with van der Waals surface area (Å²) in [5.41, 5.74) is -0.475. The second kappa shape index (κ2) is 7.66. The summed E-state index contributed by atoms with van der Waals surface area (Å²) in [5.74, 6) is -0.459. The van der Waals surface area contributed by atoms with Gasteiger partial charge in [-0.2, -0.15) is 0 Å². The first-order chi connectivity index (χ1) is 9.71. The lowest BCUT2D eigenvalue weighted by atomic mass is 9.80. The minimum absolute atomic E-state index is 0.154. The second-order valence-electron chi connectivity index (χ2n) is 7.04. The van der Waals surface area contributed by atoms with Crippen molar-refractivity contribution in [2.24, 2.45) is 11.8 Å². The highest BCUT2D eigenvalue weighted by Gasteiger charge is 2.27. The van der Waals surface area contributed by atoms with Gasteiger partial charge in [-0.05, 0) is 65.2 Å². The van der Waals surface area contributed by atoms with Crippen LogP contribution in [0.1, 0.15) is 66.2 Å². The Balaban J connectivity index is 2.32. The maximum absolute atomic E-state index is 11.7. The van der Waals surface area contributed by atoms with E-state index in [2.05, 4.69) is 5.32 Å². The molecule has 0 radical (unpaired) electrons. The number of ether oxygens (including phenoxy) is 1. The lowest BCUT2D eigenvalue weighted by Crippen LogP contribution is -2.41.